The summed E-state index contributed by atoms with van der Waals surface area (Å²) in [5.41, 5.74) is 4.43. The maximum absolute atomic E-state index is 12.8. The van der Waals surface area contributed by atoms with Gasteiger partial charge in [0, 0.05) is 10.6 Å². The molecule has 1 amide bonds. The van der Waals surface area contributed by atoms with Gasteiger partial charge in [0.1, 0.15) is 17.7 Å². The van der Waals surface area contributed by atoms with Crippen molar-refractivity contribution in [2.24, 2.45) is 11.3 Å². The minimum Gasteiger partial charge on any atom is -0.324 e. The summed E-state index contributed by atoms with van der Waals surface area (Å²) < 4.78 is 2.99. The molecule has 0 bridgehead atoms. The predicted molar refractivity (Wildman–Crippen MR) is 132 cm³/mol. The molecule has 0 radical (unpaired) electrons. The van der Waals surface area contributed by atoms with Crippen LogP contribution in [0.15, 0.2) is 29.3 Å². The smallest absolute Gasteiger partial charge is 0.324 e. The molecule has 1 aliphatic rings. The number of rotatable bonds is 3. The van der Waals surface area contributed by atoms with Crippen LogP contribution < -0.4 is 11.0 Å². The highest BCUT2D eigenvalue weighted by Gasteiger charge is 2.32. The van der Waals surface area contributed by atoms with E-state index in [0.29, 0.717) is 11.6 Å². The van der Waals surface area contributed by atoms with Crippen molar-refractivity contribution in [3.05, 3.63) is 56.6 Å². The summed E-state index contributed by atoms with van der Waals surface area (Å²) in [6.07, 6.45) is 4.73. The first-order chi connectivity index (χ1) is 15.6. The standard InChI is InChI=1S/C25H29N5O2S/c1-14-7-6-8-15(2)21(14)27-19(31)12-29-24(32)28-22-20-17-10-9-16(25(3,4)5)11-18(17)33-23(20)26-13-30(22)29/h6-8,13,16H,9-12H2,1-5H3,(H,27,31)/t16-/m0/s1. The maximum atomic E-state index is 12.8. The van der Waals surface area contributed by atoms with Crippen molar-refractivity contribution in [2.75, 3.05) is 5.32 Å². The first-order valence-corrected chi connectivity index (χ1v) is 12.2. The van der Waals surface area contributed by atoms with E-state index in [2.05, 4.69) is 36.1 Å². The van der Waals surface area contributed by atoms with Gasteiger partial charge in [0.2, 0.25) is 5.91 Å². The number of anilines is 1. The quantitative estimate of drug-likeness (QED) is 0.485. The molecule has 1 N–H and O–H groups in total. The van der Waals surface area contributed by atoms with E-state index in [9.17, 15) is 9.59 Å². The molecule has 172 valence electrons. The van der Waals surface area contributed by atoms with Crippen LogP contribution in [0.2, 0.25) is 0 Å². The Morgan fingerprint density at radius 2 is 1.97 bits per heavy atom. The van der Waals surface area contributed by atoms with E-state index in [1.165, 1.54) is 15.1 Å². The van der Waals surface area contributed by atoms with E-state index < -0.39 is 5.69 Å². The predicted octanol–water partition coefficient (Wildman–Crippen LogP) is 4.51. The largest absolute Gasteiger partial charge is 0.365 e. The van der Waals surface area contributed by atoms with Gasteiger partial charge in [-0.05, 0) is 61.1 Å². The summed E-state index contributed by atoms with van der Waals surface area (Å²) in [5.74, 6) is 0.360. The number of aryl methyl sites for hydroxylation is 3. The number of amides is 1. The molecule has 3 aromatic heterocycles. The normalized spacial score (nSPS) is 16.3. The van der Waals surface area contributed by atoms with Crippen LogP contribution in [0, 0.1) is 25.2 Å². The van der Waals surface area contributed by atoms with Gasteiger partial charge in [-0.3, -0.25) is 4.79 Å². The molecule has 7 nitrogen and oxygen atoms in total. The molecule has 0 fully saturated rings. The Hall–Kier alpha value is -3.00. The van der Waals surface area contributed by atoms with Crippen molar-refractivity contribution < 1.29 is 4.79 Å². The SMILES string of the molecule is Cc1cccc(C)c1NC(=O)Cn1c(=O)nc2c3c4c(sc3ncn21)C[C@@H](C(C)(C)C)CC4. The third-order valence-electron chi connectivity index (χ3n) is 6.92. The molecule has 33 heavy (non-hydrogen) atoms. The second kappa shape index (κ2) is 7.80. The van der Waals surface area contributed by atoms with E-state index in [1.54, 1.807) is 22.2 Å². The molecule has 5 rings (SSSR count). The first kappa shape index (κ1) is 21.8. The van der Waals surface area contributed by atoms with E-state index in [-0.39, 0.29) is 17.9 Å². The number of nitrogens with zero attached hydrogens (tertiary/aromatic N) is 4. The average Bonchev–Trinajstić information content (AvgIpc) is 3.27. The van der Waals surface area contributed by atoms with Gasteiger partial charge >= 0.3 is 5.69 Å². The van der Waals surface area contributed by atoms with Crippen molar-refractivity contribution in [2.45, 2.75) is 60.4 Å². The zero-order valence-electron chi connectivity index (χ0n) is 19.7. The second-order valence-electron chi connectivity index (χ2n) is 10.2. The lowest BCUT2D eigenvalue weighted by atomic mass is 9.72. The van der Waals surface area contributed by atoms with Gasteiger partial charge in [0.15, 0.2) is 5.65 Å². The molecule has 3 heterocycles. The minimum atomic E-state index is -0.440. The molecule has 0 saturated heterocycles. The van der Waals surface area contributed by atoms with Crippen LogP contribution in [-0.4, -0.2) is 25.1 Å². The second-order valence-corrected chi connectivity index (χ2v) is 11.3. The van der Waals surface area contributed by atoms with Crippen LogP contribution in [0.25, 0.3) is 15.9 Å². The Labute approximate surface area is 196 Å². The number of carbonyl (C=O) groups is 1. The third-order valence-corrected chi connectivity index (χ3v) is 8.08. The molecule has 1 aromatic carbocycles. The summed E-state index contributed by atoms with van der Waals surface area (Å²) >= 11 is 1.71. The fourth-order valence-electron chi connectivity index (χ4n) is 4.90. The van der Waals surface area contributed by atoms with Crippen LogP contribution in [0.3, 0.4) is 0 Å². The third kappa shape index (κ3) is 3.76. The Bertz CT molecular complexity index is 1430. The van der Waals surface area contributed by atoms with E-state index >= 15 is 0 Å². The van der Waals surface area contributed by atoms with E-state index in [1.807, 2.05) is 32.0 Å². The fourth-order valence-corrected chi connectivity index (χ4v) is 6.16. The molecule has 0 aliphatic heterocycles. The van der Waals surface area contributed by atoms with Crippen molar-refractivity contribution in [1.82, 2.24) is 19.2 Å². The molecule has 1 atom stereocenters. The molecule has 8 heteroatoms. The first-order valence-electron chi connectivity index (χ1n) is 11.4. The molecular formula is C25H29N5O2S. The van der Waals surface area contributed by atoms with Crippen LogP contribution in [0.1, 0.15) is 48.8 Å². The zero-order valence-corrected chi connectivity index (χ0v) is 20.5. The molecular weight excluding hydrogens is 434 g/mol. The monoisotopic (exact) mass is 463 g/mol. The molecule has 0 spiro atoms. The average molecular weight is 464 g/mol. The topological polar surface area (TPSA) is 81.3 Å². The summed E-state index contributed by atoms with van der Waals surface area (Å²) in [4.78, 5) is 36.9. The highest BCUT2D eigenvalue weighted by atomic mass is 32.1. The lowest BCUT2D eigenvalue weighted by Crippen LogP contribution is -2.29. The number of thiophene rings is 1. The highest BCUT2D eigenvalue weighted by Crippen LogP contribution is 2.43. The number of hydrogen-bond acceptors (Lipinski definition) is 5. The van der Waals surface area contributed by atoms with Crippen LogP contribution >= 0.6 is 11.3 Å². The highest BCUT2D eigenvalue weighted by molar-refractivity contribution is 7.19. The van der Waals surface area contributed by atoms with Crippen LogP contribution in [0.4, 0.5) is 5.69 Å². The van der Waals surface area contributed by atoms with Crippen molar-refractivity contribution in [3.8, 4) is 0 Å². The van der Waals surface area contributed by atoms with Gasteiger partial charge in [-0.15, -0.1) is 11.3 Å². The summed E-state index contributed by atoms with van der Waals surface area (Å²) in [7, 11) is 0. The number of para-hydroxylation sites is 1. The molecule has 0 saturated carbocycles. The number of carbonyl (C=O) groups excluding carboxylic acids is 1. The number of fused-ring (bicyclic) bond motifs is 5. The maximum Gasteiger partial charge on any atom is 0.365 e. The zero-order chi connectivity index (χ0) is 23.5. The Morgan fingerprint density at radius 3 is 2.67 bits per heavy atom. The Kier molecular flexibility index (Phi) is 5.16. The summed E-state index contributed by atoms with van der Waals surface area (Å²) in [6, 6.07) is 5.86. The van der Waals surface area contributed by atoms with Crippen molar-refractivity contribution in [1.29, 1.82) is 0 Å². The van der Waals surface area contributed by atoms with Gasteiger partial charge < -0.3 is 5.32 Å². The Morgan fingerprint density at radius 1 is 1.24 bits per heavy atom. The van der Waals surface area contributed by atoms with E-state index in [4.69, 9.17) is 0 Å². The lowest BCUT2D eigenvalue weighted by molar-refractivity contribution is -0.117. The number of nitrogens with one attached hydrogen (secondary N) is 1. The van der Waals surface area contributed by atoms with Crippen molar-refractivity contribution >= 4 is 38.8 Å². The number of hydrogen-bond donors (Lipinski definition) is 1. The lowest BCUT2D eigenvalue weighted by Gasteiger charge is -2.33. The van der Waals surface area contributed by atoms with Gasteiger partial charge in [0.05, 0.1) is 5.39 Å². The van der Waals surface area contributed by atoms with Crippen LogP contribution in [-0.2, 0) is 24.2 Å². The fraction of sp³-hybridized carbons (Fsp3) is 0.440. The van der Waals surface area contributed by atoms with Crippen LogP contribution in [0.5, 0.6) is 0 Å². The van der Waals surface area contributed by atoms with E-state index in [0.717, 1.165) is 46.3 Å². The summed E-state index contributed by atoms with van der Waals surface area (Å²) in [6.45, 7) is 10.7. The summed E-state index contributed by atoms with van der Waals surface area (Å²) in [5, 5.41) is 3.92. The number of benzene rings is 1. The number of aromatic nitrogens is 4. The Balaban J connectivity index is 1.51. The van der Waals surface area contributed by atoms with Gasteiger partial charge in [-0.25, -0.2) is 19.0 Å². The van der Waals surface area contributed by atoms with Gasteiger partial charge in [-0.2, -0.15) is 4.98 Å². The minimum absolute atomic E-state index is 0.126. The molecule has 0 unspecified atom stereocenters. The van der Waals surface area contributed by atoms with Crippen molar-refractivity contribution in [3.63, 3.8) is 0 Å². The molecule has 4 aromatic rings. The van der Waals surface area contributed by atoms with Gasteiger partial charge in [-0.1, -0.05) is 39.0 Å². The van der Waals surface area contributed by atoms with Gasteiger partial charge in [0.25, 0.3) is 0 Å². The molecule has 1 aliphatic carbocycles.